The predicted octanol–water partition coefficient (Wildman–Crippen LogP) is 1.82. The summed E-state index contributed by atoms with van der Waals surface area (Å²) in [5, 5.41) is 7.16. The zero-order chi connectivity index (χ0) is 18.2. The SMILES string of the molecule is Cc1cc(-c2cc(C)[nH]n2)nc(C2CCCCN2S(=O)(=O)N(C)C)n1. The van der Waals surface area contributed by atoms with Gasteiger partial charge in [0, 0.05) is 32.0 Å². The van der Waals surface area contributed by atoms with Gasteiger partial charge in [0.05, 0.1) is 11.7 Å². The summed E-state index contributed by atoms with van der Waals surface area (Å²) in [6.07, 6.45) is 2.52. The fourth-order valence-corrected chi connectivity index (χ4v) is 4.37. The summed E-state index contributed by atoms with van der Waals surface area (Å²) in [7, 11) is -0.415. The van der Waals surface area contributed by atoms with Crippen LogP contribution < -0.4 is 0 Å². The van der Waals surface area contributed by atoms with Gasteiger partial charge in [0.15, 0.2) is 0 Å². The molecule has 2 aromatic rings. The van der Waals surface area contributed by atoms with Crippen molar-refractivity contribution in [1.82, 2.24) is 28.8 Å². The van der Waals surface area contributed by atoms with Gasteiger partial charge in [-0.25, -0.2) is 9.97 Å². The first kappa shape index (κ1) is 18.0. The van der Waals surface area contributed by atoms with E-state index in [1.165, 1.54) is 8.61 Å². The van der Waals surface area contributed by atoms with E-state index in [1.807, 2.05) is 26.0 Å². The molecule has 1 saturated heterocycles. The Hall–Kier alpha value is -1.84. The molecule has 0 aromatic carbocycles. The summed E-state index contributed by atoms with van der Waals surface area (Å²) < 4.78 is 28.2. The molecule has 0 amide bonds. The maximum Gasteiger partial charge on any atom is 0.282 e. The topological polar surface area (TPSA) is 95.1 Å². The molecule has 0 radical (unpaired) electrons. The van der Waals surface area contributed by atoms with Crippen molar-refractivity contribution < 1.29 is 8.42 Å². The lowest BCUT2D eigenvalue weighted by molar-refractivity contribution is 0.234. The van der Waals surface area contributed by atoms with E-state index in [0.717, 1.165) is 36.3 Å². The van der Waals surface area contributed by atoms with E-state index in [1.54, 1.807) is 14.1 Å². The average Bonchev–Trinajstić information content (AvgIpc) is 3.00. The van der Waals surface area contributed by atoms with Gasteiger partial charge in [-0.1, -0.05) is 6.42 Å². The van der Waals surface area contributed by atoms with Crippen LogP contribution in [0.1, 0.15) is 42.5 Å². The number of nitrogens with zero attached hydrogens (tertiary/aromatic N) is 5. The summed E-state index contributed by atoms with van der Waals surface area (Å²) in [6.45, 7) is 4.30. The van der Waals surface area contributed by atoms with Gasteiger partial charge in [-0.2, -0.15) is 22.1 Å². The number of nitrogens with one attached hydrogen (secondary N) is 1. The van der Waals surface area contributed by atoms with Crippen LogP contribution >= 0.6 is 0 Å². The van der Waals surface area contributed by atoms with Gasteiger partial charge >= 0.3 is 0 Å². The molecule has 0 bridgehead atoms. The zero-order valence-corrected chi connectivity index (χ0v) is 15.8. The summed E-state index contributed by atoms with van der Waals surface area (Å²) in [5.74, 6) is 0.542. The molecule has 0 aliphatic carbocycles. The molecule has 2 aromatic heterocycles. The lowest BCUT2D eigenvalue weighted by atomic mass is 10.0. The Morgan fingerprint density at radius 1 is 1.16 bits per heavy atom. The van der Waals surface area contributed by atoms with Gasteiger partial charge in [0.2, 0.25) is 0 Å². The summed E-state index contributed by atoms with van der Waals surface area (Å²) in [4.78, 5) is 9.18. The number of hydrogen-bond donors (Lipinski definition) is 1. The Morgan fingerprint density at radius 2 is 1.92 bits per heavy atom. The van der Waals surface area contributed by atoms with Crippen molar-refractivity contribution in [3.8, 4) is 11.4 Å². The highest BCUT2D eigenvalue weighted by atomic mass is 32.2. The standard InChI is InChI=1S/C16H24N6O2S/c1-11-9-13(14-10-12(2)19-20-14)18-16(17-11)15-7-5-6-8-22(15)25(23,24)21(3)4/h9-10,15H,5-8H2,1-4H3,(H,19,20). The Labute approximate surface area is 148 Å². The number of aromatic amines is 1. The molecule has 3 heterocycles. The molecule has 1 N–H and O–H groups in total. The molecular weight excluding hydrogens is 340 g/mol. The van der Waals surface area contributed by atoms with Crippen molar-refractivity contribution in [2.45, 2.75) is 39.2 Å². The van der Waals surface area contributed by atoms with E-state index >= 15 is 0 Å². The van der Waals surface area contributed by atoms with Gasteiger partial charge in [0.25, 0.3) is 10.2 Å². The van der Waals surface area contributed by atoms with Gasteiger partial charge in [-0.05, 0) is 38.8 Å². The van der Waals surface area contributed by atoms with E-state index in [-0.39, 0.29) is 6.04 Å². The Kier molecular flexibility index (Phi) is 4.90. The fraction of sp³-hybridized carbons (Fsp3) is 0.562. The molecule has 0 spiro atoms. The number of hydrogen-bond acceptors (Lipinski definition) is 5. The Morgan fingerprint density at radius 3 is 2.56 bits per heavy atom. The lowest BCUT2D eigenvalue weighted by Gasteiger charge is -2.35. The summed E-state index contributed by atoms with van der Waals surface area (Å²) in [6, 6.07) is 3.44. The van der Waals surface area contributed by atoms with Crippen molar-refractivity contribution in [2.24, 2.45) is 0 Å². The van der Waals surface area contributed by atoms with Gasteiger partial charge < -0.3 is 0 Å². The second-order valence-electron chi connectivity index (χ2n) is 6.60. The van der Waals surface area contributed by atoms with Crippen LogP contribution in [0.2, 0.25) is 0 Å². The van der Waals surface area contributed by atoms with Crippen LogP contribution in [0.5, 0.6) is 0 Å². The number of H-pyrrole nitrogens is 1. The third kappa shape index (κ3) is 3.58. The maximum atomic E-state index is 12.7. The van der Waals surface area contributed by atoms with Crippen LogP contribution in [-0.4, -0.2) is 57.8 Å². The number of aromatic nitrogens is 4. The van der Waals surface area contributed by atoms with Crippen LogP contribution in [0.15, 0.2) is 12.1 Å². The van der Waals surface area contributed by atoms with E-state index < -0.39 is 10.2 Å². The second kappa shape index (κ2) is 6.81. The molecule has 25 heavy (non-hydrogen) atoms. The molecule has 136 valence electrons. The van der Waals surface area contributed by atoms with Crippen molar-refractivity contribution in [2.75, 3.05) is 20.6 Å². The lowest BCUT2D eigenvalue weighted by Crippen LogP contribution is -2.45. The smallest absolute Gasteiger partial charge is 0.282 e. The van der Waals surface area contributed by atoms with Crippen LogP contribution in [0.25, 0.3) is 11.4 Å². The third-order valence-electron chi connectivity index (χ3n) is 4.35. The highest BCUT2D eigenvalue weighted by Gasteiger charge is 2.36. The molecule has 8 nitrogen and oxygen atoms in total. The van der Waals surface area contributed by atoms with Crippen LogP contribution in [0.4, 0.5) is 0 Å². The first-order valence-electron chi connectivity index (χ1n) is 8.36. The zero-order valence-electron chi connectivity index (χ0n) is 15.0. The van der Waals surface area contributed by atoms with E-state index in [0.29, 0.717) is 18.1 Å². The largest absolute Gasteiger partial charge is 0.282 e. The fourth-order valence-electron chi connectivity index (χ4n) is 3.07. The second-order valence-corrected chi connectivity index (χ2v) is 8.70. The molecule has 1 unspecified atom stereocenters. The van der Waals surface area contributed by atoms with Crippen LogP contribution in [0.3, 0.4) is 0 Å². The minimum absolute atomic E-state index is 0.347. The van der Waals surface area contributed by atoms with Gasteiger partial charge in [0.1, 0.15) is 11.5 Å². The molecule has 1 aliphatic heterocycles. The van der Waals surface area contributed by atoms with E-state index in [2.05, 4.69) is 20.2 Å². The summed E-state index contributed by atoms with van der Waals surface area (Å²) >= 11 is 0. The van der Waals surface area contributed by atoms with Gasteiger partial charge in [-0.3, -0.25) is 5.10 Å². The van der Waals surface area contributed by atoms with Crippen LogP contribution in [-0.2, 0) is 10.2 Å². The van der Waals surface area contributed by atoms with Crippen molar-refractivity contribution >= 4 is 10.2 Å². The molecule has 1 fully saturated rings. The Bertz CT molecular complexity index is 861. The first-order valence-corrected chi connectivity index (χ1v) is 9.76. The molecule has 3 rings (SSSR count). The normalized spacial score (nSPS) is 19.5. The van der Waals surface area contributed by atoms with Crippen molar-refractivity contribution in [1.29, 1.82) is 0 Å². The minimum atomic E-state index is -3.52. The first-order chi connectivity index (χ1) is 11.8. The van der Waals surface area contributed by atoms with E-state index in [9.17, 15) is 8.42 Å². The third-order valence-corrected chi connectivity index (χ3v) is 6.30. The number of aryl methyl sites for hydroxylation is 2. The molecule has 1 aliphatic rings. The number of rotatable bonds is 4. The molecule has 0 saturated carbocycles. The monoisotopic (exact) mass is 364 g/mol. The predicted molar refractivity (Wildman–Crippen MR) is 95.0 cm³/mol. The quantitative estimate of drug-likeness (QED) is 0.893. The minimum Gasteiger partial charge on any atom is -0.282 e. The van der Waals surface area contributed by atoms with E-state index in [4.69, 9.17) is 0 Å². The maximum absolute atomic E-state index is 12.7. The summed E-state index contributed by atoms with van der Waals surface area (Å²) in [5.41, 5.74) is 3.19. The average molecular weight is 364 g/mol. The molecule has 9 heteroatoms. The number of piperidine rings is 1. The molecular formula is C16H24N6O2S. The van der Waals surface area contributed by atoms with Gasteiger partial charge in [-0.15, -0.1) is 0 Å². The van der Waals surface area contributed by atoms with Crippen LogP contribution in [0, 0.1) is 13.8 Å². The Balaban J connectivity index is 2.03. The highest BCUT2D eigenvalue weighted by Crippen LogP contribution is 2.33. The highest BCUT2D eigenvalue weighted by molar-refractivity contribution is 7.86. The van der Waals surface area contributed by atoms with Crippen molar-refractivity contribution in [3.05, 3.63) is 29.3 Å². The van der Waals surface area contributed by atoms with Crippen molar-refractivity contribution in [3.63, 3.8) is 0 Å². The molecule has 1 atom stereocenters.